The quantitative estimate of drug-likeness (QED) is 0.881. The van der Waals surface area contributed by atoms with Crippen molar-refractivity contribution in [1.82, 2.24) is 4.98 Å². The summed E-state index contributed by atoms with van der Waals surface area (Å²) in [5.74, 6) is 2.42. The van der Waals surface area contributed by atoms with Crippen LogP contribution >= 0.6 is 23.2 Å². The lowest BCUT2D eigenvalue weighted by Gasteiger charge is -2.17. The molecule has 3 N–H and O–H groups in total. The Morgan fingerprint density at radius 1 is 1.41 bits per heavy atom. The number of hydrogen-bond acceptors (Lipinski definition) is 3. The Labute approximate surface area is 112 Å². The normalized spacial score (nSPS) is 23.9. The predicted octanol–water partition coefficient (Wildman–Crippen LogP) is 3.82. The van der Waals surface area contributed by atoms with Crippen LogP contribution in [0.4, 0.5) is 11.6 Å². The fraction of sp³-hybridized carbons (Fsp3) is 0.583. The van der Waals surface area contributed by atoms with E-state index in [4.69, 9.17) is 28.9 Å². The van der Waals surface area contributed by atoms with Crippen molar-refractivity contribution in [3.63, 3.8) is 0 Å². The molecule has 17 heavy (non-hydrogen) atoms. The molecule has 0 radical (unpaired) electrons. The third-order valence-electron chi connectivity index (χ3n) is 3.53. The zero-order valence-corrected chi connectivity index (χ0v) is 11.4. The molecule has 0 aromatic carbocycles. The molecule has 1 aliphatic carbocycles. The fourth-order valence-electron chi connectivity index (χ4n) is 2.36. The molecule has 3 nitrogen and oxygen atoms in total. The number of rotatable bonds is 3. The van der Waals surface area contributed by atoms with Gasteiger partial charge in [0, 0.05) is 6.54 Å². The highest BCUT2D eigenvalue weighted by atomic mass is 35.5. The van der Waals surface area contributed by atoms with Gasteiger partial charge >= 0.3 is 0 Å². The first kappa shape index (κ1) is 12.8. The second kappa shape index (κ2) is 5.32. The van der Waals surface area contributed by atoms with Crippen molar-refractivity contribution in [3.8, 4) is 0 Å². The first-order chi connectivity index (χ1) is 8.08. The van der Waals surface area contributed by atoms with E-state index < -0.39 is 0 Å². The first-order valence-electron chi connectivity index (χ1n) is 5.93. The van der Waals surface area contributed by atoms with Gasteiger partial charge < -0.3 is 11.1 Å². The third kappa shape index (κ3) is 2.96. The van der Waals surface area contributed by atoms with E-state index in [1.165, 1.54) is 19.3 Å². The van der Waals surface area contributed by atoms with E-state index in [0.717, 1.165) is 12.5 Å². The van der Waals surface area contributed by atoms with Gasteiger partial charge in [-0.15, -0.1) is 0 Å². The van der Waals surface area contributed by atoms with Crippen molar-refractivity contribution >= 4 is 34.8 Å². The van der Waals surface area contributed by atoms with Crippen LogP contribution in [0.1, 0.15) is 26.2 Å². The van der Waals surface area contributed by atoms with Crippen molar-refractivity contribution in [2.75, 3.05) is 17.6 Å². The molecule has 1 aromatic heterocycles. The number of nitrogens with one attached hydrogen (secondary N) is 1. The number of nitrogens with zero attached hydrogens (tertiary/aromatic N) is 1. The number of nitrogens with two attached hydrogens (primary N) is 1. The molecule has 0 bridgehead atoms. The van der Waals surface area contributed by atoms with E-state index in [1.54, 1.807) is 6.07 Å². The number of hydrogen-bond donors (Lipinski definition) is 2. The molecule has 0 spiro atoms. The lowest BCUT2D eigenvalue weighted by Crippen LogP contribution is -2.17. The molecular formula is C12H17Cl2N3. The summed E-state index contributed by atoms with van der Waals surface area (Å²) in [4.78, 5) is 4.16. The zero-order chi connectivity index (χ0) is 12.4. The van der Waals surface area contributed by atoms with Crippen LogP contribution in [0.5, 0.6) is 0 Å². The maximum absolute atomic E-state index is 6.06. The molecule has 1 aromatic rings. The summed E-state index contributed by atoms with van der Waals surface area (Å²) < 4.78 is 0. The summed E-state index contributed by atoms with van der Waals surface area (Å²) in [5.41, 5.74) is 5.66. The van der Waals surface area contributed by atoms with Crippen LogP contribution in [-0.2, 0) is 0 Å². The lowest BCUT2D eigenvalue weighted by atomic mass is 9.98. The van der Waals surface area contributed by atoms with Crippen LogP contribution in [0.3, 0.4) is 0 Å². The van der Waals surface area contributed by atoms with Crippen molar-refractivity contribution in [3.05, 3.63) is 16.1 Å². The predicted molar refractivity (Wildman–Crippen MR) is 73.7 cm³/mol. The summed E-state index contributed by atoms with van der Waals surface area (Å²) in [6, 6.07) is 1.63. The molecule has 1 heterocycles. The molecule has 5 heteroatoms. The summed E-state index contributed by atoms with van der Waals surface area (Å²) in [7, 11) is 0. The van der Waals surface area contributed by atoms with Crippen molar-refractivity contribution in [2.45, 2.75) is 26.2 Å². The zero-order valence-electron chi connectivity index (χ0n) is 9.84. The van der Waals surface area contributed by atoms with Gasteiger partial charge in [-0.25, -0.2) is 4.98 Å². The minimum Gasteiger partial charge on any atom is -0.382 e. The molecule has 0 saturated heterocycles. The highest BCUT2D eigenvalue weighted by Gasteiger charge is 2.23. The summed E-state index contributed by atoms with van der Waals surface area (Å²) in [6.07, 6.45) is 3.91. The molecule has 0 amide bonds. The molecule has 2 rings (SSSR count). The second-order valence-electron chi connectivity index (χ2n) is 4.74. The molecule has 2 unspecified atom stereocenters. The lowest BCUT2D eigenvalue weighted by molar-refractivity contribution is 0.439. The Balaban J connectivity index is 2.01. The Morgan fingerprint density at radius 3 is 2.82 bits per heavy atom. The second-order valence-corrected chi connectivity index (χ2v) is 5.55. The number of pyridine rings is 1. The smallest absolute Gasteiger partial charge is 0.147 e. The number of halogens is 2. The number of aromatic nitrogens is 1. The van der Waals surface area contributed by atoms with Gasteiger partial charge in [0.05, 0.1) is 10.0 Å². The largest absolute Gasteiger partial charge is 0.382 e. The highest BCUT2D eigenvalue weighted by Crippen LogP contribution is 2.32. The van der Waals surface area contributed by atoms with E-state index in [2.05, 4.69) is 17.2 Å². The minimum absolute atomic E-state index is 0.318. The van der Waals surface area contributed by atoms with Gasteiger partial charge in [-0.05, 0) is 24.3 Å². The Morgan fingerprint density at radius 2 is 2.18 bits per heavy atom. The van der Waals surface area contributed by atoms with Gasteiger partial charge in [0.2, 0.25) is 0 Å². The van der Waals surface area contributed by atoms with E-state index >= 15 is 0 Å². The molecule has 94 valence electrons. The van der Waals surface area contributed by atoms with E-state index in [0.29, 0.717) is 27.6 Å². The molecule has 1 fully saturated rings. The van der Waals surface area contributed by atoms with Gasteiger partial charge in [-0.1, -0.05) is 43.0 Å². The summed E-state index contributed by atoms with van der Waals surface area (Å²) >= 11 is 11.9. The van der Waals surface area contributed by atoms with Gasteiger partial charge in [0.15, 0.2) is 0 Å². The molecular weight excluding hydrogens is 257 g/mol. The van der Waals surface area contributed by atoms with Crippen LogP contribution in [0.2, 0.25) is 10.0 Å². The molecule has 1 saturated carbocycles. The van der Waals surface area contributed by atoms with E-state index in [-0.39, 0.29) is 0 Å². The minimum atomic E-state index is 0.318. The van der Waals surface area contributed by atoms with Gasteiger partial charge in [0.25, 0.3) is 0 Å². The van der Waals surface area contributed by atoms with Crippen LogP contribution in [0, 0.1) is 11.8 Å². The average molecular weight is 274 g/mol. The Kier molecular flexibility index (Phi) is 4.00. The van der Waals surface area contributed by atoms with Crippen LogP contribution in [0.15, 0.2) is 6.07 Å². The van der Waals surface area contributed by atoms with Crippen LogP contribution in [0.25, 0.3) is 0 Å². The van der Waals surface area contributed by atoms with E-state index in [9.17, 15) is 0 Å². The van der Waals surface area contributed by atoms with Gasteiger partial charge in [0.1, 0.15) is 11.6 Å². The van der Waals surface area contributed by atoms with Crippen molar-refractivity contribution in [1.29, 1.82) is 0 Å². The molecule has 1 aliphatic rings. The topological polar surface area (TPSA) is 50.9 Å². The standard InChI is InChI=1S/C12H17Cl2N3/c1-7-3-2-4-8(7)6-16-12-10(14)5-9(13)11(15)17-12/h5,7-8H,2-4,6H2,1H3,(H3,15,16,17). The SMILES string of the molecule is CC1CCCC1CNc1nc(N)c(Cl)cc1Cl. The molecule has 2 atom stereocenters. The van der Waals surface area contributed by atoms with E-state index in [1.807, 2.05) is 0 Å². The summed E-state index contributed by atoms with van der Waals surface area (Å²) in [5, 5.41) is 4.19. The number of nitrogen functional groups attached to an aromatic ring is 1. The highest BCUT2D eigenvalue weighted by molar-refractivity contribution is 6.37. The summed E-state index contributed by atoms with van der Waals surface area (Å²) in [6.45, 7) is 3.19. The third-order valence-corrected chi connectivity index (χ3v) is 4.12. The monoisotopic (exact) mass is 273 g/mol. The Hall–Kier alpha value is -0.670. The average Bonchev–Trinajstić information content (AvgIpc) is 2.68. The fourth-order valence-corrected chi connectivity index (χ4v) is 2.78. The van der Waals surface area contributed by atoms with Crippen molar-refractivity contribution in [2.24, 2.45) is 11.8 Å². The van der Waals surface area contributed by atoms with Crippen LogP contribution in [-0.4, -0.2) is 11.5 Å². The maximum atomic E-state index is 6.06. The molecule has 0 aliphatic heterocycles. The number of anilines is 2. The van der Waals surface area contributed by atoms with Crippen LogP contribution < -0.4 is 11.1 Å². The van der Waals surface area contributed by atoms with Gasteiger partial charge in [-0.3, -0.25) is 0 Å². The first-order valence-corrected chi connectivity index (χ1v) is 6.69. The Bertz CT molecular complexity index is 409. The van der Waals surface area contributed by atoms with Gasteiger partial charge in [-0.2, -0.15) is 0 Å². The van der Waals surface area contributed by atoms with Crippen molar-refractivity contribution < 1.29 is 0 Å². The maximum Gasteiger partial charge on any atom is 0.147 e.